The summed E-state index contributed by atoms with van der Waals surface area (Å²) in [6, 6.07) is 7.76. The Kier molecular flexibility index (Phi) is 5.95. The van der Waals surface area contributed by atoms with Gasteiger partial charge in [0.2, 0.25) is 5.91 Å². The van der Waals surface area contributed by atoms with Crippen molar-refractivity contribution in [3.63, 3.8) is 0 Å². The van der Waals surface area contributed by atoms with Crippen LogP contribution in [-0.4, -0.2) is 36.7 Å². The first-order valence-corrected chi connectivity index (χ1v) is 7.69. The summed E-state index contributed by atoms with van der Waals surface area (Å²) in [5, 5.41) is 12.1. The highest BCUT2D eigenvalue weighted by Gasteiger charge is 2.29. The second kappa shape index (κ2) is 7.94. The number of benzene rings is 1. The van der Waals surface area contributed by atoms with Crippen molar-refractivity contribution in [1.82, 2.24) is 5.32 Å². The molecule has 1 aliphatic rings. The number of hydrogen-bond acceptors (Lipinski definition) is 3. The highest BCUT2D eigenvalue weighted by atomic mass is 16.5. The van der Waals surface area contributed by atoms with Crippen LogP contribution in [0.25, 0.3) is 0 Å². The summed E-state index contributed by atoms with van der Waals surface area (Å²) in [6.07, 6.45) is 1.76. The van der Waals surface area contributed by atoms with Gasteiger partial charge in [-0.3, -0.25) is 9.59 Å². The molecule has 1 fully saturated rings. The van der Waals surface area contributed by atoms with Gasteiger partial charge in [-0.2, -0.15) is 0 Å². The standard InChI is InChI=1S/C17H23NO4/c1-12-2-4-13(5-3-12)10-16(19)18-11-15(17(20)21)14-6-8-22-9-7-14/h2-5,14-15H,6-11H2,1H3,(H,18,19)(H,20,21). The van der Waals surface area contributed by atoms with Gasteiger partial charge in [0.25, 0.3) is 0 Å². The molecule has 0 spiro atoms. The van der Waals surface area contributed by atoms with E-state index in [9.17, 15) is 14.7 Å². The number of carbonyl (C=O) groups excluding carboxylic acids is 1. The molecular formula is C17H23NO4. The minimum absolute atomic E-state index is 0.0749. The highest BCUT2D eigenvalue weighted by molar-refractivity contribution is 5.79. The van der Waals surface area contributed by atoms with E-state index in [1.807, 2.05) is 31.2 Å². The maximum Gasteiger partial charge on any atom is 0.308 e. The molecule has 2 N–H and O–H groups in total. The Hall–Kier alpha value is -1.88. The highest BCUT2D eigenvalue weighted by Crippen LogP contribution is 2.23. The zero-order valence-corrected chi connectivity index (χ0v) is 12.9. The predicted molar refractivity (Wildman–Crippen MR) is 82.6 cm³/mol. The summed E-state index contributed by atoms with van der Waals surface area (Å²) in [5.41, 5.74) is 2.08. The second-order valence-corrected chi connectivity index (χ2v) is 5.86. The lowest BCUT2D eigenvalue weighted by atomic mass is 9.86. The van der Waals surface area contributed by atoms with Crippen LogP contribution in [0, 0.1) is 18.8 Å². The Balaban J connectivity index is 1.84. The van der Waals surface area contributed by atoms with Gasteiger partial charge in [0, 0.05) is 19.8 Å². The first-order valence-electron chi connectivity index (χ1n) is 7.69. The summed E-state index contributed by atoms with van der Waals surface area (Å²) < 4.78 is 5.26. The van der Waals surface area contributed by atoms with Crippen LogP contribution >= 0.6 is 0 Å². The normalized spacial score (nSPS) is 17.0. The number of nitrogens with one attached hydrogen (secondary N) is 1. The van der Waals surface area contributed by atoms with Gasteiger partial charge in [-0.15, -0.1) is 0 Å². The van der Waals surface area contributed by atoms with Crippen molar-refractivity contribution < 1.29 is 19.4 Å². The Bertz CT molecular complexity index is 506. The van der Waals surface area contributed by atoms with E-state index < -0.39 is 11.9 Å². The van der Waals surface area contributed by atoms with Crippen LogP contribution in [0.15, 0.2) is 24.3 Å². The topological polar surface area (TPSA) is 75.6 Å². The van der Waals surface area contributed by atoms with Crippen LogP contribution in [0.5, 0.6) is 0 Å². The molecule has 22 heavy (non-hydrogen) atoms. The molecule has 0 aliphatic carbocycles. The quantitative estimate of drug-likeness (QED) is 0.840. The number of carboxylic acids is 1. The van der Waals surface area contributed by atoms with E-state index in [2.05, 4.69) is 5.32 Å². The maximum absolute atomic E-state index is 12.0. The zero-order valence-electron chi connectivity index (χ0n) is 12.9. The molecular weight excluding hydrogens is 282 g/mol. The van der Waals surface area contributed by atoms with Gasteiger partial charge in [-0.05, 0) is 31.2 Å². The lowest BCUT2D eigenvalue weighted by Crippen LogP contribution is -2.39. The number of ether oxygens (including phenoxy) is 1. The molecule has 0 radical (unpaired) electrons. The zero-order chi connectivity index (χ0) is 15.9. The molecule has 120 valence electrons. The van der Waals surface area contributed by atoms with Crippen LogP contribution in [0.1, 0.15) is 24.0 Å². The van der Waals surface area contributed by atoms with Crippen molar-refractivity contribution >= 4 is 11.9 Å². The molecule has 5 nitrogen and oxygen atoms in total. The number of hydrogen-bond donors (Lipinski definition) is 2. The lowest BCUT2D eigenvalue weighted by Gasteiger charge is -2.27. The van der Waals surface area contributed by atoms with E-state index in [-0.39, 0.29) is 24.8 Å². The fraction of sp³-hybridized carbons (Fsp3) is 0.529. The number of carbonyl (C=O) groups is 2. The number of amides is 1. The van der Waals surface area contributed by atoms with Crippen molar-refractivity contribution in [2.75, 3.05) is 19.8 Å². The first kappa shape index (κ1) is 16.5. The van der Waals surface area contributed by atoms with Crippen LogP contribution in [0.4, 0.5) is 0 Å². The second-order valence-electron chi connectivity index (χ2n) is 5.86. The van der Waals surface area contributed by atoms with E-state index in [1.165, 1.54) is 0 Å². The SMILES string of the molecule is Cc1ccc(CC(=O)NCC(C(=O)O)C2CCOCC2)cc1. The lowest BCUT2D eigenvalue weighted by molar-refractivity contribution is -0.144. The molecule has 1 aromatic rings. The summed E-state index contributed by atoms with van der Waals surface area (Å²) in [7, 11) is 0. The molecule has 1 aliphatic heterocycles. The third-order valence-electron chi connectivity index (χ3n) is 4.16. The minimum Gasteiger partial charge on any atom is -0.481 e. The van der Waals surface area contributed by atoms with Crippen molar-refractivity contribution in [2.24, 2.45) is 11.8 Å². The van der Waals surface area contributed by atoms with Gasteiger partial charge < -0.3 is 15.2 Å². The Morgan fingerprint density at radius 3 is 2.50 bits per heavy atom. The van der Waals surface area contributed by atoms with Gasteiger partial charge >= 0.3 is 5.97 Å². The number of rotatable bonds is 6. The first-order chi connectivity index (χ1) is 10.6. The fourth-order valence-corrected chi connectivity index (χ4v) is 2.75. The molecule has 1 amide bonds. The van der Waals surface area contributed by atoms with E-state index >= 15 is 0 Å². The molecule has 5 heteroatoms. The predicted octanol–water partition coefficient (Wildman–Crippen LogP) is 1.78. The minimum atomic E-state index is -0.845. The molecule has 1 heterocycles. The molecule has 0 saturated carbocycles. The maximum atomic E-state index is 12.0. The van der Waals surface area contributed by atoms with E-state index in [0.29, 0.717) is 13.2 Å². The smallest absolute Gasteiger partial charge is 0.308 e. The molecule has 0 bridgehead atoms. The van der Waals surface area contributed by atoms with Crippen molar-refractivity contribution in [2.45, 2.75) is 26.2 Å². The summed E-state index contributed by atoms with van der Waals surface area (Å²) in [4.78, 5) is 23.4. The van der Waals surface area contributed by atoms with Crippen molar-refractivity contribution in [3.8, 4) is 0 Å². The monoisotopic (exact) mass is 305 g/mol. The number of aliphatic carboxylic acids is 1. The largest absolute Gasteiger partial charge is 0.481 e. The van der Waals surface area contributed by atoms with Crippen LogP contribution in [-0.2, 0) is 20.7 Å². The fourth-order valence-electron chi connectivity index (χ4n) is 2.75. The van der Waals surface area contributed by atoms with Crippen molar-refractivity contribution in [3.05, 3.63) is 35.4 Å². The molecule has 2 rings (SSSR count). The van der Waals surface area contributed by atoms with Gasteiger partial charge in [0.05, 0.1) is 12.3 Å². The van der Waals surface area contributed by atoms with Crippen LogP contribution in [0.3, 0.4) is 0 Å². The van der Waals surface area contributed by atoms with Gasteiger partial charge in [0.15, 0.2) is 0 Å². The Labute approximate surface area is 130 Å². The number of aryl methyl sites for hydroxylation is 1. The van der Waals surface area contributed by atoms with Gasteiger partial charge in [-0.25, -0.2) is 0 Å². The summed E-state index contributed by atoms with van der Waals surface area (Å²) in [6.45, 7) is 3.39. The Morgan fingerprint density at radius 1 is 1.27 bits per heavy atom. The van der Waals surface area contributed by atoms with Crippen molar-refractivity contribution in [1.29, 1.82) is 0 Å². The van der Waals surface area contributed by atoms with Gasteiger partial charge in [0.1, 0.15) is 0 Å². The molecule has 1 atom stereocenters. The molecule has 1 saturated heterocycles. The van der Waals surface area contributed by atoms with E-state index in [4.69, 9.17) is 4.74 Å². The average molecular weight is 305 g/mol. The Morgan fingerprint density at radius 2 is 1.91 bits per heavy atom. The molecule has 1 unspecified atom stereocenters. The average Bonchev–Trinajstić information content (AvgIpc) is 2.50. The van der Waals surface area contributed by atoms with E-state index in [0.717, 1.165) is 24.0 Å². The number of carboxylic acid groups (broad SMARTS) is 1. The van der Waals surface area contributed by atoms with Crippen LogP contribution < -0.4 is 5.32 Å². The van der Waals surface area contributed by atoms with E-state index in [1.54, 1.807) is 0 Å². The summed E-state index contributed by atoms with van der Waals surface area (Å²) in [5.74, 6) is -1.44. The molecule has 0 aromatic heterocycles. The van der Waals surface area contributed by atoms with Crippen LogP contribution in [0.2, 0.25) is 0 Å². The van der Waals surface area contributed by atoms with Gasteiger partial charge in [-0.1, -0.05) is 29.8 Å². The third-order valence-corrected chi connectivity index (χ3v) is 4.16. The molecule has 1 aromatic carbocycles. The third kappa shape index (κ3) is 4.84. The summed E-state index contributed by atoms with van der Waals surface area (Å²) >= 11 is 0.